The zero-order valence-corrected chi connectivity index (χ0v) is 27.7. The molecule has 1 saturated heterocycles. The summed E-state index contributed by atoms with van der Waals surface area (Å²) < 4.78 is 18.2. The normalized spacial score (nSPS) is 12.9. The van der Waals surface area contributed by atoms with Crippen molar-refractivity contribution < 1.29 is 14.2 Å². The molecule has 4 heterocycles. The molecular formula is C42H31BrN2O3. The van der Waals surface area contributed by atoms with E-state index in [4.69, 9.17) is 19.2 Å². The number of benzene rings is 6. The summed E-state index contributed by atoms with van der Waals surface area (Å²) in [5, 5.41) is 6.71. The van der Waals surface area contributed by atoms with Crippen LogP contribution < -0.4 is 9.47 Å². The van der Waals surface area contributed by atoms with Gasteiger partial charge < -0.3 is 14.2 Å². The number of para-hydroxylation sites is 2. The van der Waals surface area contributed by atoms with Crippen LogP contribution in [0.15, 0.2) is 144 Å². The van der Waals surface area contributed by atoms with Crippen LogP contribution in [-0.2, 0) is 4.74 Å². The zero-order valence-electron chi connectivity index (χ0n) is 26.1. The molecule has 0 aliphatic carbocycles. The van der Waals surface area contributed by atoms with Gasteiger partial charge in [0.1, 0.15) is 22.9 Å². The van der Waals surface area contributed by atoms with Crippen LogP contribution in [0.5, 0.6) is 23.0 Å². The molecule has 0 amide bonds. The third kappa shape index (κ3) is 6.08. The summed E-state index contributed by atoms with van der Waals surface area (Å²) in [6.45, 7) is 2.00. The standard InChI is InChI=1S/C19H12BrNO.C19H11NO.C4H8O/c20-16-8-3-6-13-7-4-10-18(19(13)16)22-15-11-14-5-1-2-9-17(14)21-12-15;1-2-9-15-13(5-1)11-17-19(20-15)14-8-3-6-12-7-4-10-16(21-17)18(12)14;1-2-4-5-3-1/h1-12H;1-11H;1-4H2. The molecule has 8 aromatic rings. The Kier molecular flexibility index (Phi) is 8.41. The van der Waals surface area contributed by atoms with Crippen LogP contribution in [0.4, 0.5) is 0 Å². The van der Waals surface area contributed by atoms with Crippen molar-refractivity contribution in [3.8, 4) is 34.3 Å². The fraction of sp³-hybridized carbons (Fsp3) is 0.0952. The summed E-state index contributed by atoms with van der Waals surface area (Å²) in [7, 11) is 0. The van der Waals surface area contributed by atoms with Gasteiger partial charge in [-0.05, 0) is 66.1 Å². The van der Waals surface area contributed by atoms with Gasteiger partial charge in [0.25, 0.3) is 0 Å². The first kappa shape index (κ1) is 30.1. The molecule has 234 valence electrons. The van der Waals surface area contributed by atoms with Crippen LogP contribution >= 0.6 is 15.9 Å². The monoisotopic (exact) mass is 690 g/mol. The zero-order chi connectivity index (χ0) is 32.3. The molecule has 0 spiro atoms. The molecule has 0 saturated carbocycles. The summed E-state index contributed by atoms with van der Waals surface area (Å²) in [5.74, 6) is 3.30. The number of rotatable bonds is 2. The molecule has 2 aliphatic heterocycles. The largest absolute Gasteiger partial charge is 0.455 e. The van der Waals surface area contributed by atoms with Crippen molar-refractivity contribution >= 4 is 59.3 Å². The van der Waals surface area contributed by atoms with Crippen LogP contribution in [0.2, 0.25) is 0 Å². The highest BCUT2D eigenvalue weighted by molar-refractivity contribution is 9.10. The van der Waals surface area contributed by atoms with Gasteiger partial charge in [0.2, 0.25) is 0 Å². The number of pyridine rings is 2. The van der Waals surface area contributed by atoms with Gasteiger partial charge in [0.15, 0.2) is 5.75 Å². The topological polar surface area (TPSA) is 53.5 Å². The van der Waals surface area contributed by atoms with Crippen LogP contribution in [-0.4, -0.2) is 23.2 Å². The van der Waals surface area contributed by atoms with Crippen molar-refractivity contribution in [2.75, 3.05) is 13.2 Å². The second-order valence-corrected chi connectivity index (χ2v) is 12.5. The van der Waals surface area contributed by atoms with Crippen LogP contribution in [0.3, 0.4) is 0 Å². The van der Waals surface area contributed by atoms with Gasteiger partial charge in [-0.3, -0.25) is 4.98 Å². The molecule has 0 N–H and O–H groups in total. The van der Waals surface area contributed by atoms with Crippen molar-refractivity contribution in [2.45, 2.75) is 12.8 Å². The Labute approximate surface area is 286 Å². The first-order valence-electron chi connectivity index (χ1n) is 16.1. The second kappa shape index (κ2) is 13.4. The van der Waals surface area contributed by atoms with Gasteiger partial charge in [-0.2, -0.15) is 0 Å². The molecule has 10 rings (SSSR count). The molecule has 2 aliphatic rings. The number of ether oxygens (including phenoxy) is 3. The van der Waals surface area contributed by atoms with E-state index in [9.17, 15) is 0 Å². The van der Waals surface area contributed by atoms with Crippen molar-refractivity contribution in [1.82, 2.24) is 9.97 Å². The van der Waals surface area contributed by atoms with Crippen LogP contribution in [0.1, 0.15) is 12.8 Å². The fourth-order valence-electron chi connectivity index (χ4n) is 6.17. The van der Waals surface area contributed by atoms with Crippen molar-refractivity contribution in [2.24, 2.45) is 0 Å². The maximum Gasteiger partial charge on any atom is 0.154 e. The predicted molar refractivity (Wildman–Crippen MR) is 198 cm³/mol. The Hall–Kier alpha value is -5.30. The molecule has 2 aromatic heterocycles. The summed E-state index contributed by atoms with van der Waals surface area (Å²) in [4.78, 5) is 9.26. The van der Waals surface area contributed by atoms with E-state index in [0.29, 0.717) is 0 Å². The average molecular weight is 692 g/mol. The maximum absolute atomic E-state index is 6.10. The third-order valence-electron chi connectivity index (χ3n) is 8.47. The Morgan fingerprint density at radius 1 is 0.583 bits per heavy atom. The van der Waals surface area contributed by atoms with E-state index in [-0.39, 0.29) is 0 Å². The second-order valence-electron chi connectivity index (χ2n) is 11.7. The number of aromatic nitrogens is 2. The molecule has 1 fully saturated rings. The van der Waals surface area contributed by atoms with Crippen LogP contribution in [0, 0.1) is 0 Å². The predicted octanol–water partition coefficient (Wildman–Crippen LogP) is 11.9. The van der Waals surface area contributed by atoms with Gasteiger partial charge in [0.05, 0.1) is 17.2 Å². The van der Waals surface area contributed by atoms with Gasteiger partial charge in [-0.1, -0.05) is 107 Å². The average Bonchev–Trinajstić information content (AvgIpc) is 3.73. The highest BCUT2D eigenvalue weighted by Crippen LogP contribution is 2.46. The van der Waals surface area contributed by atoms with Gasteiger partial charge in [0, 0.05) is 44.8 Å². The molecular weight excluding hydrogens is 660 g/mol. The minimum atomic E-state index is 0.738. The number of hydrogen-bond donors (Lipinski definition) is 0. The number of nitrogens with zero attached hydrogens (tertiary/aromatic N) is 2. The fourth-order valence-corrected chi connectivity index (χ4v) is 6.74. The van der Waals surface area contributed by atoms with E-state index in [2.05, 4.69) is 69.4 Å². The molecule has 0 atom stereocenters. The minimum Gasteiger partial charge on any atom is -0.455 e. The molecule has 0 bridgehead atoms. The quantitative estimate of drug-likeness (QED) is 0.181. The Balaban J connectivity index is 0.000000122. The highest BCUT2D eigenvalue weighted by Gasteiger charge is 2.21. The van der Waals surface area contributed by atoms with Gasteiger partial charge in [-0.15, -0.1) is 0 Å². The SMILES string of the molecule is Brc1cccc2cccc(Oc3cnc4ccccc4c3)c12.C1CCOC1.c1ccc2nc3c(cc2c1)Oc1cccc2cccc-3c12. The lowest BCUT2D eigenvalue weighted by Gasteiger charge is -2.20. The molecule has 6 aromatic carbocycles. The summed E-state index contributed by atoms with van der Waals surface area (Å²) in [6, 6.07) is 44.9. The van der Waals surface area contributed by atoms with E-state index >= 15 is 0 Å². The number of halogens is 1. The van der Waals surface area contributed by atoms with Crippen molar-refractivity contribution in [3.63, 3.8) is 0 Å². The van der Waals surface area contributed by atoms with Gasteiger partial charge >= 0.3 is 0 Å². The van der Waals surface area contributed by atoms with Crippen LogP contribution in [0.25, 0.3) is 54.6 Å². The summed E-state index contributed by atoms with van der Waals surface area (Å²) in [5.41, 5.74) is 4.04. The lowest BCUT2D eigenvalue weighted by molar-refractivity contribution is 0.198. The molecule has 0 radical (unpaired) electrons. The first-order chi connectivity index (χ1) is 23.7. The third-order valence-corrected chi connectivity index (χ3v) is 9.13. The Morgan fingerprint density at radius 3 is 2.00 bits per heavy atom. The Morgan fingerprint density at radius 2 is 1.23 bits per heavy atom. The molecule has 48 heavy (non-hydrogen) atoms. The minimum absolute atomic E-state index is 0.738. The molecule has 0 unspecified atom stereocenters. The number of fused-ring (bicyclic) bond motifs is 5. The van der Waals surface area contributed by atoms with E-state index in [1.165, 1.54) is 18.2 Å². The smallest absolute Gasteiger partial charge is 0.154 e. The van der Waals surface area contributed by atoms with Crippen molar-refractivity contribution in [1.29, 1.82) is 0 Å². The lowest BCUT2D eigenvalue weighted by Crippen LogP contribution is -1.99. The van der Waals surface area contributed by atoms with E-state index in [1.54, 1.807) is 6.20 Å². The van der Waals surface area contributed by atoms with E-state index in [1.807, 2.05) is 84.9 Å². The van der Waals surface area contributed by atoms with Gasteiger partial charge in [-0.25, -0.2) is 4.98 Å². The first-order valence-corrected chi connectivity index (χ1v) is 16.9. The summed E-state index contributed by atoms with van der Waals surface area (Å²) in [6.07, 6.45) is 4.32. The lowest BCUT2D eigenvalue weighted by atomic mass is 9.98. The highest BCUT2D eigenvalue weighted by atomic mass is 79.9. The van der Waals surface area contributed by atoms with E-state index in [0.717, 1.165) is 89.9 Å². The van der Waals surface area contributed by atoms with E-state index < -0.39 is 0 Å². The maximum atomic E-state index is 6.10. The molecule has 6 heteroatoms. The molecule has 5 nitrogen and oxygen atoms in total. The van der Waals surface area contributed by atoms with Crippen molar-refractivity contribution in [3.05, 3.63) is 144 Å². The summed E-state index contributed by atoms with van der Waals surface area (Å²) >= 11 is 3.61. The Bertz CT molecular complexity index is 2400. The number of hydrogen-bond acceptors (Lipinski definition) is 5.